The number of hydrogen-bond acceptors (Lipinski definition) is 6. The number of carbonyl (C=O) groups is 4. The van der Waals surface area contributed by atoms with Gasteiger partial charge in [0, 0.05) is 6.92 Å². The maximum atomic E-state index is 12.4. The van der Waals surface area contributed by atoms with Crippen LogP contribution in [0, 0.1) is 11.8 Å². The highest BCUT2D eigenvalue weighted by Crippen LogP contribution is 2.08. The molecule has 0 saturated carbocycles. The molecule has 0 aromatic rings. The minimum Gasteiger partial charge on any atom is -0.548 e. The lowest BCUT2D eigenvalue weighted by Crippen LogP contribution is -2.58. The van der Waals surface area contributed by atoms with Gasteiger partial charge in [-0.15, -0.1) is 0 Å². The van der Waals surface area contributed by atoms with Crippen LogP contribution in [0.25, 0.3) is 0 Å². The predicted octanol–water partition coefficient (Wildman–Crippen LogP) is -2.09. The number of amides is 3. The smallest absolute Gasteiger partial charge is 0.245 e. The molecule has 0 bridgehead atoms. The molecule has 9 nitrogen and oxygen atoms in total. The van der Waals surface area contributed by atoms with Gasteiger partial charge >= 0.3 is 0 Å². The molecule has 0 aromatic heterocycles. The summed E-state index contributed by atoms with van der Waals surface area (Å²) in [5.41, 5.74) is 0. The van der Waals surface area contributed by atoms with Gasteiger partial charge in [-0.1, -0.05) is 27.7 Å². The Kier molecular flexibility index (Phi) is 9.73. The molecular formula is C16H28N3O6-. The third-order valence-electron chi connectivity index (χ3n) is 3.44. The summed E-state index contributed by atoms with van der Waals surface area (Å²) in [6.45, 7) is 7.48. The molecule has 0 heterocycles. The zero-order valence-electron chi connectivity index (χ0n) is 15.3. The van der Waals surface area contributed by atoms with E-state index in [0.29, 0.717) is 0 Å². The van der Waals surface area contributed by atoms with Crippen molar-refractivity contribution in [1.29, 1.82) is 0 Å². The average molecular weight is 358 g/mol. The third kappa shape index (κ3) is 8.48. The van der Waals surface area contributed by atoms with Crippen molar-refractivity contribution < 1.29 is 29.4 Å². The van der Waals surface area contributed by atoms with Gasteiger partial charge in [-0.05, 0) is 18.3 Å². The van der Waals surface area contributed by atoms with E-state index in [1.54, 1.807) is 13.8 Å². The van der Waals surface area contributed by atoms with E-state index in [-0.39, 0.29) is 12.3 Å². The molecule has 0 aromatic carbocycles. The number of aliphatic hydroxyl groups excluding tert-OH is 1. The molecule has 0 aliphatic heterocycles. The molecule has 0 saturated heterocycles. The van der Waals surface area contributed by atoms with Gasteiger partial charge in [0.25, 0.3) is 0 Å². The molecule has 0 unspecified atom stereocenters. The van der Waals surface area contributed by atoms with Gasteiger partial charge < -0.3 is 31.0 Å². The van der Waals surface area contributed by atoms with Crippen molar-refractivity contribution in [2.75, 3.05) is 6.61 Å². The van der Waals surface area contributed by atoms with Crippen molar-refractivity contribution in [2.45, 2.75) is 59.2 Å². The van der Waals surface area contributed by atoms with Gasteiger partial charge in [0.2, 0.25) is 17.7 Å². The fraction of sp³-hybridized carbons (Fsp3) is 0.750. The van der Waals surface area contributed by atoms with Gasteiger partial charge in [0.05, 0.1) is 18.6 Å². The lowest BCUT2D eigenvalue weighted by Gasteiger charge is -2.28. The first-order chi connectivity index (χ1) is 11.5. The minimum absolute atomic E-state index is 0.0323. The number of nitrogens with one attached hydrogen (secondary N) is 3. The van der Waals surface area contributed by atoms with E-state index in [4.69, 9.17) is 0 Å². The van der Waals surface area contributed by atoms with Crippen LogP contribution in [0.4, 0.5) is 0 Å². The van der Waals surface area contributed by atoms with Gasteiger partial charge in [0.1, 0.15) is 12.1 Å². The van der Waals surface area contributed by atoms with Gasteiger partial charge in [-0.25, -0.2) is 0 Å². The van der Waals surface area contributed by atoms with Gasteiger partial charge in [-0.2, -0.15) is 0 Å². The molecule has 0 spiro atoms. The summed E-state index contributed by atoms with van der Waals surface area (Å²) < 4.78 is 0. The Hall–Kier alpha value is -2.16. The highest BCUT2D eigenvalue weighted by atomic mass is 16.4. The van der Waals surface area contributed by atoms with E-state index < -0.39 is 54.3 Å². The van der Waals surface area contributed by atoms with Crippen molar-refractivity contribution in [3.8, 4) is 0 Å². The molecule has 25 heavy (non-hydrogen) atoms. The van der Waals surface area contributed by atoms with Crippen molar-refractivity contribution >= 4 is 23.7 Å². The van der Waals surface area contributed by atoms with E-state index in [2.05, 4.69) is 16.0 Å². The molecule has 4 N–H and O–H groups in total. The SMILES string of the molecule is CC(=O)N[C@@H](CO)C(=O)N[C@@H](CC(C)C)C(=O)N[C@H](C(=O)[O-])C(C)C. The van der Waals surface area contributed by atoms with Crippen LogP contribution in [0.1, 0.15) is 41.0 Å². The van der Waals surface area contributed by atoms with Crippen LogP contribution in [0.3, 0.4) is 0 Å². The normalized spacial score (nSPS) is 14.6. The molecule has 144 valence electrons. The monoisotopic (exact) mass is 358 g/mol. The van der Waals surface area contributed by atoms with E-state index >= 15 is 0 Å². The topological polar surface area (TPSA) is 148 Å². The number of carboxylic acids is 1. The summed E-state index contributed by atoms with van der Waals surface area (Å²) in [6, 6.07) is -3.39. The highest BCUT2D eigenvalue weighted by molar-refractivity contribution is 5.93. The van der Waals surface area contributed by atoms with Gasteiger partial charge in [0.15, 0.2) is 0 Å². The van der Waals surface area contributed by atoms with Crippen LogP contribution >= 0.6 is 0 Å². The summed E-state index contributed by atoms with van der Waals surface area (Å²) >= 11 is 0. The molecular weight excluding hydrogens is 330 g/mol. The highest BCUT2D eigenvalue weighted by Gasteiger charge is 2.28. The summed E-state index contributed by atoms with van der Waals surface area (Å²) in [7, 11) is 0. The first kappa shape index (κ1) is 22.8. The largest absolute Gasteiger partial charge is 0.548 e. The minimum atomic E-state index is -1.41. The van der Waals surface area contributed by atoms with Crippen molar-refractivity contribution in [3.05, 3.63) is 0 Å². The van der Waals surface area contributed by atoms with E-state index in [9.17, 15) is 29.4 Å². The third-order valence-corrected chi connectivity index (χ3v) is 3.44. The zero-order valence-corrected chi connectivity index (χ0v) is 15.3. The first-order valence-corrected chi connectivity index (χ1v) is 8.19. The van der Waals surface area contributed by atoms with E-state index in [1.807, 2.05) is 13.8 Å². The second kappa shape index (κ2) is 10.7. The number of carbonyl (C=O) groups excluding carboxylic acids is 4. The number of rotatable bonds is 10. The fourth-order valence-electron chi connectivity index (χ4n) is 2.17. The van der Waals surface area contributed by atoms with Crippen molar-refractivity contribution in [1.82, 2.24) is 16.0 Å². The van der Waals surface area contributed by atoms with Crippen molar-refractivity contribution in [2.24, 2.45) is 11.8 Å². The van der Waals surface area contributed by atoms with Crippen molar-refractivity contribution in [3.63, 3.8) is 0 Å². The van der Waals surface area contributed by atoms with E-state index in [0.717, 1.165) is 0 Å². The zero-order chi connectivity index (χ0) is 19.7. The maximum Gasteiger partial charge on any atom is 0.245 e. The Morgan fingerprint density at radius 3 is 1.80 bits per heavy atom. The number of aliphatic hydroxyl groups is 1. The maximum absolute atomic E-state index is 12.4. The fourth-order valence-corrected chi connectivity index (χ4v) is 2.17. The number of hydrogen-bond donors (Lipinski definition) is 4. The Morgan fingerprint density at radius 1 is 0.920 bits per heavy atom. The summed E-state index contributed by atoms with van der Waals surface area (Å²) in [6.07, 6.45) is 0.258. The molecule has 3 amide bonds. The Morgan fingerprint density at radius 2 is 1.44 bits per heavy atom. The summed E-state index contributed by atoms with van der Waals surface area (Å²) in [5, 5.41) is 27.4. The van der Waals surface area contributed by atoms with Crippen LogP contribution in [0.2, 0.25) is 0 Å². The predicted molar refractivity (Wildman–Crippen MR) is 87.9 cm³/mol. The Balaban J connectivity index is 5.16. The second-order valence-corrected chi connectivity index (χ2v) is 6.68. The Bertz CT molecular complexity index is 492. The standard InChI is InChI=1S/C16H29N3O6/c1-8(2)6-11(14(22)19-13(9(3)4)16(24)25)18-15(23)12(7-20)17-10(5)21/h8-9,11-13,20H,6-7H2,1-5H3,(H,17,21)(H,18,23)(H,19,22)(H,24,25)/p-1/t11-,12-,13-/m0/s1. The van der Waals surface area contributed by atoms with Gasteiger partial charge in [-0.3, -0.25) is 14.4 Å². The molecule has 0 aliphatic carbocycles. The van der Waals surface area contributed by atoms with Crippen LogP contribution in [-0.2, 0) is 19.2 Å². The average Bonchev–Trinajstić information content (AvgIpc) is 2.47. The number of aliphatic carboxylic acids is 1. The lowest BCUT2D eigenvalue weighted by atomic mass is 10.00. The molecule has 0 fully saturated rings. The second-order valence-electron chi connectivity index (χ2n) is 6.68. The van der Waals surface area contributed by atoms with Crippen LogP contribution in [0.15, 0.2) is 0 Å². The first-order valence-electron chi connectivity index (χ1n) is 8.19. The Labute approximate surface area is 147 Å². The summed E-state index contributed by atoms with van der Waals surface area (Å²) in [4.78, 5) is 46.7. The van der Waals surface area contributed by atoms with Crippen LogP contribution < -0.4 is 21.1 Å². The molecule has 9 heteroatoms. The summed E-state index contributed by atoms with van der Waals surface area (Å²) in [5.74, 6) is -3.67. The number of carboxylic acid groups (broad SMARTS) is 1. The lowest BCUT2D eigenvalue weighted by molar-refractivity contribution is -0.309. The quantitative estimate of drug-likeness (QED) is 0.352. The molecule has 0 aliphatic rings. The molecule has 0 rings (SSSR count). The molecule has 0 radical (unpaired) electrons. The molecule has 3 atom stereocenters. The van der Waals surface area contributed by atoms with Crippen LogP contribution in [0.5, 0.6) is 0 Å². The van der Waals surface area contributed by atoms with Crippen LogP contribution in [-0.4, -0.2) is 53.5 Å². The van der Waals surface area contributed by atoms with E-state index in [1.165, 1.54) is 6.92 Å².